The topological polar surface area (TPSA) is 82.6 Å². The molecule has 0 atom stereocenters. The molecule has 1 fully saturated rings. The zero-order chi connectivity index (χ0) is 21.7. The van der Waals surface area contributed by atoms with Crippen LogP contribution in [0.15, 0.2) is 47.5 Å². The summed E-state index contributed by atoms with van der Waals surface area (Å²) in [5.74, 6) is 1.38. The molecular formula is C22H30N4O3S. The second-order valence-electron chi connectivity index (χ2n) is 7.64. The minimum atomic E-state index is -3.53. The van der Waals surface area contributed by atoms with E-state index in [1.54, 1.807) is 20.0 Å². The predicted molar refractivity (Wildman–Crippen MR) is 119 cm³/mol. The molecule has 1 aliphatic rings. The van der Waals surface area contributed by atoms with E-state index in [-0.39, 0.29) is 10.8 Å². The lowest BCUT2D eigenvalue weighted by atomic mass is 9.99. The number of carbonyl (C=O) groups is 1. The zero-order valence-electron chi connectivity index (χ0n) is 17.8. The molecule has 30 heavy (non-hydrogen) atoms. The molecule has 1 aromatic heterocycles. The van der Waals surface area contributed by atoms with Gasteiger partial charge in [0.15, 0.2) is 0 Å². The Balaban J connectivity index is 1.65. The SMILES string of the molecule is CCN(CC)S(=O)(=O)c1ccc(C(=O)Nc2ccc(N3CCC(C)CC3)nc2)cc1. The summed E-state index contributed by atoms with van der Waals surface area (Å²) in [5.41, 5.74) is 0.997. The van der Waals surface area contributed by atoms with Gasteiger partial charge in [-0.15, -0.1) is 0 Å². The molecular weight excluding hydrogens is 400 g/mol. The number of piperidine rings is 1. The highest BCUT2D eigenvalue weighted by molar-refractivity contribution is 7.89. The number of sulfonamides is 1. The summed E-state index contributed by atoms with van der Waals surface area (Å²) in [6, 6.07) is 9.77. The largest absolute Gasteiger partial charge is 0.357 e. The zero-order valence-corrected chi connectivity index (χ0v) is 18.7. The van der Waals surface area contributed by atoms with Crippen LogP contribution in [0.5, 0.6) is 0 Å². The van der Waals surface area contributed by atoms with E-state index in [9.17, 15) is 13.2 Å². The van der Waals surface area contributed by atoms with Crippen molar-refractivity contribution in [3.05, 3.63) is 48.2 Å². The number of carbonyl (C=O) groups excluding carboxylic acids is 1. The molecule has 7 nitrogen and oxygen atoms in total. The second-order valence-corrected chi connectivity index (χ2v) is 9.58. The summed E-state index contributed by atoms with van der Waals surface area (Å²) in [4.78, 5) is 19.5. The lowest BCUT2D eigenvalue weighted by Crippen LogP contribution is -2.33. The highest BCUT2D eigenvalue weighted by Gasteiger charge is 2.22. The number of hydrogen-bond donors (Lipinski definition) is 1. The van der Waals surface area contributed by atoms with Crippen LogP contribution in [0.2, 0.25) is 0 Å². The van der Waals surface area contributed by atoms with Crippen molar-refractivity contribution in [1.29, 1.82) is 0 Å². The maximum absolute atomic E-state index is 12.6. The van der Waals surface area contributed by atoms with Crippen molar-refractivity contribution in [3.8, 4) is 0 Å². The van der Waals surface area contributed by atoms with Gasteiger partial charge in [-0.1, -0.05) is 20.8 Å². The number of pyridine rings is 1. The number of aromatic nitrogens is 1. The van der Waals surface area contributed by atoms with Crippen molar-refractivity contribution < 1.29 is 13.2 Å². The third kappa shape index (κ3) is 4.99. The highest BCUT2D eigenvalue weighted by atomic mass is 32.2. The summed E-state index contributed by atoms with van der Waals surface area (Å²) < 4.78 is 26.5. The molecule has 0 radical (unpaired) electrons. The fourth-order valence-corrected chi connectivity index (χ4v) is 5.04. The van der Waals surface area contributed by atoms with Gasteiger partial charge in [0.05, 0.1) is 16.8 Å². The van der Waals surface area contributed by atoms with E-state index >= 15 is 0 Å². The molecule has 1 aliphatic heterocycles. The van der Waals surface area contributed by atoms with E-state index in [1.165, 1.54) is 41.4 Å². The first-order chi connectivity index (χ1) is 14.3. The van der Waals surface area contributed by atoms with E-state index in [0.717, 1.165) is 24.8 Å². The number of nitrogens with zero attached hydrogens (tertiary/aromatic N) is 3. The fourth-order valence-electron chi connectivity index (χ4n) is 3.58. The summed E-state index contributed by atoms with van der Waals surface area (Å²) in [5, 5.41) is 2.82. The first-order valence-electron chi connectivity index (χ1n) is 10.5. The minimum Gasteiger partial charge on any atom is -0.357 e. The van der Waals surface area contributed by atoms with Crippen molar-refractivity contribution in [1.82, 2.24) is 9.29 Å². The number of hydrogen-bond acceptors (Lipinski definition) is 5. The normalized spacial score (nSPS) is 15.4. The molecule has 2 aromatic rings. The lowest BCUT2D eigenvalue weighted by Gasteiger charge is -2.31. The smallest absolute Gasteiger partial charge is 0.255 e. The molecule has 0 aliphatic carbocycles. The Labute approximate surface area is 179 Å². The molecule has 2 heterocycles. The molecule has 1 saturated heterocycles. The summed E-state index contributed by atoms with van der Waals surface area (Å²) >= 11 is 0. The van der Waals surface area contributed by atoms with Crippen LogP contribution in [-0.2, 0) is 10.0 Å². The standard InChI is InChI=1S/C22H30N4O3S/c1-4-26(5-2)30(28,29)20-9-6-18(7-10-20)22(27)24-19-8-11-21(23-16-19)25-14-12-17(3)13-15-25/h6-11,16-17H,4-5,12-15H2,1-3H3,(H,24,27). The third-order valence-electron chi connectivity index (χ3n) is 5.57. The van der Waals surface area contributed by atoms with Crippen LogP contribution in [0.4, 0.5) is 11.5 Å². The van der Waals surface area contributed by atoms with Gasteiger partial charge in [-0.3, -0.25) is 4.79 Å². The van der Waals surface area contributed by atoms with Gasteiger partial charge in [0.25, 0.3) is 5.91 Å². The van der Waals surface area contributed by atoms with Gasteiger partial charge in [-0.25, -0.2) is 13.4 Å². The van der Waals surface area contributed by atoms with Crippen LogP contribution in [0.3, 0.4) is 0 Å². The van der Waals surface area contributed by atoms with Crippen molar-refractivity contribution in [3.63, 3.8) is 0 Å². The van der Waals surface area contributed by atoms with Crippen LogP contribution in [0.25, 0.3) is 0 Å². The van der Waals surface area contributed by atoms with Crippen LogP contribution in [0, 0.1) is 5.92 Å². The Bertz CT molecular complexity index is 947. The van der Waals surface area contributed by atoms with Crippen LogP contribution < -0.4 is 10.2 Å². The van der Waals surface area contributed by atoms with Gasteiger partial charge >= 0.3 is 0 Å². The van der Waals surface area contributed by atoms with Crippen LogP contribution in [0.1, 0.15) is 44.0 Å². The van der Waals surface area contributed by atoms with Crippen LogP contribution >= 0.6 is 0 Å². The Kier molecular flexibility index (Phi) is 7.10. The van der Waals surface area contributed by atoms with Gasteiger partial charge < -0.3 is 10.2 Å². The Hall–Kier alpha value is -2.45. The molecule has 0 bridgehead atoms. The first-order valence-corrected chi connectivity index (χ1v) is 11.9. The minimum absolute atomic E-state index is 0.185. The molecule has 0 spiro atoms. The summed E-state index contributed by atoms with van der Waals surface area (Å²) in [6.07, 6.45) is 3.99. The average molecular weight is 431 g/mol. The predicted octanol–water partition coefficient (Wildman–Crippen LogP) is 3.60. The van der Waals surface area contributed by atoms with E-state index in [4.69, 9.17) is 0 Å². The van der Waals surface area contributed by atoms with Crippen LogP contribution in [-0.4, -0.2) is 49.8 Å². The number of nitrogens with one attached hydrogen (secondary N) is 1. The van der Waals surface area contributed by atoms with Crippen molar-refractivity contribution >= 4 is 27.4 Å². The lowest BCUT2D eigenvalue weighted by molar-refractivity contribution is 0.102. The molecule has 8 heteroatoms. The summed E-state index contributed by atoms with van der Waals surface area (Å²) in [6.45, 7) is 8.68. The van der Waals surface area contributed by atoms with E-state index < -0.39 is 10.0 Å². The van der Waals surface area contributed by atoms with Crippen molar-refractivity contribution in [2.45, 2.75) is 38.5 Å². The fraction of sp³-hybridized carbons (Fsp3) is 0.455. The molecule has 0 saturated carbocycles. The molecule has 3 rings (SSSR count). The molecule has 162 valence electrons. The number of benzene rings is 1. The van der Waals surface area contributed by atoms with Gasteiger partial charge in [0.2, 0.25) is 10.0 Å². The number of anilines is 2. The number of amides is 1. The van der Waals surface area contributed by atoms with Gasteiger partial charge in [0, 0.05) is 31.7 Å². The van der Waals surface area contributed by atoms with Crippen molar-refractivity contribution in [2.24, 2.45) is 5.92 Å². The molecule has 0 unspecified atom stereocenters. The average Bonchev–Trinajstić information content (AvgIpc) is 2.75. The monoisotopic (exact) mass is 430 g/mol. The van der Waals surface area contributed by atoms with E-state index in [0.29, 0.717) is 24.3 Å². The van der Waals surface area contributed by atoms with E-state index in [1.807, 2.05) is 12.1 Å². The van der Waals surface area contributed by atoms with Gasteiger partial charge in [-0.2, -0.15) is 4.31 Å². The molecule has 1 aromatic carbocycles. The quantitative estimate of drug-likeness (QED) is 0.726. The highest BCUT2D eigenvalue weighted by Crippen LogP contribution is 2.22. The number of rotatable bonds is 7. The maximum Gasteiger partial charge on any atom is 0.255 e. The van der Waals surface area contributed by atoms with Gasteiger partial charge in [-0.05, 0) is 55.2 Å². The first kappa shape index (κ1) is 22.2. The Morgan fingerprint density at radius 1 is 1.10 bits per heavy atom. The van der Waals surface area contributed by atoms with Crippen molar-refractivity contribution in [2.75, 3.05) is 36.4 Å². The van der Waals surface area contributed by atoms with Gasteiger partial charge in [0.1, 0.15) is 5.82 Å². The molecule has 1 N–H and O–H groups in total. The Morgan fingerprint density at radius 3 is 2.27 bits per heavy atom. The third-order valence-corrected chi connectivity index (χ3v) is 7.64. The Morgan fingerprint density at radius 2 is 1.73 bits per heavy atom. The maximum atomic E-state index is 12.6. The molecule has 1 amide bonds. The van der Waals surface area contributed by atoms with E-state index in [2.05, 4.69) is 22.1 Å². The summed E-state index contributed by atoms with van der Waals surface area (Å²) in [7, 11) is -3.53. The second kappa shape index (κ2) is 9.57.